The maximum Gasteiger partial charge on any atom is 0.143 e. The van der Waals surface area contributed by atoms with Crippen LogP contribution in [0.2, 0.25) is 0 Å². The van der Waals surface area contributed by atoms with Gasteiger partial charge in [0.2, 0.25) is 0 Å². The lowest BCUT2D eigenvalue weighted by Crippen LogP contribution is -1.91. The van der Waals surface area contributed by atoms with E-state index in [-0.39, 0.29) is 0 Å². The average molecular weight is 627 g/mol. The van der Waals surface area contributed by atoms with Crippen LogP contribution in [0.3, 0.4) is 0 Å². The van der Waals surface area contributed by atoms with Gasteiger partial charge in [-0.25, -0.2) is 0 Å². The Hall–Kier alpha value is -6.58. The first kappa shape index (κ1) is 26.5. The molecule has 0 N–H and O–H groups in total. The molecule has 0 bridgehead atoms. The summed E-state index contributed by atoms with van der Waals surface area (Å²) in [7, 11) is 0. The summed E-state index contributed by atoms with van der Waals surface area (Å²) in [5.41, 5.74) is 11.1. The van der Waals surface area contributed by atoms with Gasteiger partial charge in [0, 0.05) is 43.6 Å². The summed E-state index contributed by atoms with van der Waals surface area (Å²) in [4.78, 5) is 0. The number of rotatable bonds is 3. The maximum absolute atomic E-state index is 6.62. The molecule has 3 heterocycles. The van der Waals surface area contributed by atoms with E-state index >= 15 is 0 Å². The molecule has 228 valence electrons. The molecule has 0 aliphatic heterocycles. The lowest BCUT2D eigenvalue weighted by atomic mass is 9.84. The van der Waals surface area contributed by atoms with Crippen LogP contribution in [-0.4, -0.2) is 0 Å². The normalized spacial score (nSPS) is 12.1. The van der Waals surface area contributed by atoms with Crippen LogP contribution in [0.5, 0.6) is 0 Å². The summed E-state index contributed by atoms with van der Waals surface area (Å²) in [5.74, 6) is 0. The van der Waals surface area contributed by atoms with Crippen molar-refractivity contribution >= 4 is 76.4 Å². The second-order valence-corrected chi connectivity index (χ2v) is 12.8. The molecule has 49 heavy (non-hydrogen) atoms. The Labute approximate surface area is 280 Å². The van der Waals surface area contributed by atoms with Crippen molar-refractivity contribution in [3.63, 3.8) is 0 Å². The van der Waals surface area contributed by atoms with Crippen molar-refractivity contribution in [1.29, 1.82) is 0 Å². The molecule has 3 nitrogen and oxygen atoms in total. The first-order chi connectivity index (χ1) is 24.3. The predicted molar refractivity (Wildman–Crippen MR) is 202 cm³/mol. The summed E-state index contributed by atoms with van der Waals surface area (Å²) in [5, 5.41) is 10.1. The van der Waals surface area contributed by atoms with Crippen molar-refractivity contribution < 1.29 is 13.3 Å². The van der Waals surface area contributed by atoms with Gasteiger partial charge in [0.25, 0.3) is 0 Å². The van der Waals surface area contributed by atoms with Gasteiger partial charge in [0.05, 0.1) is 6.26 Å². The number of hydrogen-bond donors (Lipinski definition) is 0. The van der Waals surface area contributed by atoms with Crippen LogP contribution < -0.4 is 0 Å². The second-order valence-electron chi connectivity index (χ2n) is 12.8. The fraction of sp³-hybridized carbons (Fsp3) is 0. The summed E-state index contributed by atoms with van der Waals surface area (Å²) in [6.45, 7) is 0. The van der Waals surface area contributed by atoms with Gasteiger partial charge in [-0.2, -0.15) is 0 Å². The van der Waals surface area contributed by atoms with Gasteiger partial charge in [-0.3, -0.25) is 0 Å². The molecule has 0 spiro atoms. The number of hydrogen-bond acceptors (Lipinski definition) is 3. The van der Waals surface area contributed by atoms with Gasteiger partial charge in [-0.15, -0.1) is 0 Å². The first-order valence-electron chi connectivity index (χ1n) is 16.6. The van der Waals surface area contributed by atoms with Crippen LogP contribution in [0.4, 0.5) is 0 Å². The van der Waals surface area contributed by atoms with Crippen molar-refractivity contribution in [3.8, 4) is 33.4 Å². The quantitative estimate of drug-likeness (QED) is 0.183. The SMILES string of the molecule is c1ccc(-c2coc3cc4c(cc23)oc2cccc(-c3c5ccccc5c(-c5cccc6c5oc5ccccc56)c5ccccc35)c24)cc1. The number of benzene rings is 8. The van der Waals surface area contributed by atoms with Crippen LogP contribution in [-0.2, 0) is 0 Å². The zero-order valence-corrected chi connectivity index (χ0v) is 26.2. The van der Waals surface area contributed by atoms with E-state index in [1.807, 2.05) is 24.5 Å². The minimum atomic E-state index is 0.841. The van der Waals surface area contributed by atoms with Crippen LogP contribution in [0, 0.1) is 0 Å². The standard InChI is InChI=1S/C46H26O3/c1-2-12-27(13-3-1)38-26-47-41-25-37-42(24-36(38)41)48-40-23-11-20-34(45(37)40)43-29-15-4-6-17-31(29)44(32-18-7-5-16-30(32)43)35-21-10-19-33-28-14-8-9-22-39(28)49-46(33)35/h1-26H. The van der Waals surface area contributed by atoms with Crippen molar-refractivity contribution in [3.05, 3.63) is 158 Å². The van der Waals surface area contributed by atoms with E-state index in [1.165, 1.54) is 32.7 Å². The van der Waals surface area contributed by atoms with Gasteiger partial charge >= 0.3 is 0 Å². The van der Waals surface area contributed by atoms with Crippen LogP contribution in [0.1, 0.15) is 0 Å². The van der Waals surface area contributed by atoms with Crippen LogP contribution >= 0.6 is 0 Å². The van der Waals surface area contributed by atoms with E-state index in [1.54, 1.807) is 0 Å². The molecule has 0 aliphatic carbocycles. The van der Waals surface area contributed by atoms with E-state index in [9.17, 15) is 0 Å². The molecule has 0 saturated heterocycles. The molecule has 0 atom stereocenters. The second kappa shape index (κ2) is 9.96. The molecule has 11 rings (SSSR count). The third-order valence-electron chi connectivity index (χ3n) is 10.2. The molecule has 0 aliphatic rings. The highest BCUT2D eigenvalue weighted by Gasteiger charge is 2.23. The molecular formula is C46H26O3. The predicted octanol–water partition coefficient (Wildman–Crippen LogP) is 13.5. The van der Waals surface area contributed by atoms with Crippen LogP contribution in [0.15, 0.2) is 171 Å². The summed E-state index contributed by atoms with van der Waals surface area (Å²) < 4.78 is 19.4. The highest BCUT2D eigenvalue weighted by atomic mass is 16.3. The minimum Gasteiger partial charge on any atom is -0.464 e. The Bertz CT molecular complexity index is 3040. The third-order valence-corrected chi connectivity index (χ3v) is 10.2. The zero-order chi connectivity index (χ0) is 32.1. The van der Waals surface area contributed by atoms with E-state index in [4.69, 9.17) is 13.3 Å². The third kappa shape index (κ3) is 3.73. The molecular weight excluding hydrogens is 601 g/mol. The Kier molecular flexibility index (Phi) is 5.38. The molecule has 0 unspecified atom stereocenters. The Morgan fingerprint density at radius 1 is 0.327 bits per heavy atom. The number of fused-ring (bicyclic) bond motifs is 9. The minimum absolute atomic E-state index is 0.841. The van der Waals surface area contributed by atoms with Crippen molar-refractivity contribution in [2.45, 2.75) is 0 Å². The van der Waals surface area contributed by atoms with Crippen LogP contribution in [0.25, 0.3) is 110 Å². The molecule has 3 aromatic heterocycles. The van der Waals surface area contributed by atoms with Gasteiger partial charge in [0.1, 0.15) is 27.9 Å². The molecule has 0 radical (unpaired) electrons. The van der Waals surface area contributed by atoms with E-state index in [2.05, 4.69) is 133 Å². The average Bonchev–Trinajstić information content (AvgIpc) is 3.86. The largest absolute Gasteiger partial charge is 0.464 e. The van der Waals surface area contributed by atoms with Gasteiger partial charge in [0.15, 0.2) is 0 Å². The molecule has 3 heteroatoms. The number of para-hydroxylation sites is 2. The Morgan fingerprint density at radius 2 is 0.898 bits per heavy atom. The summed E-state index contributed by atoms with van der Waals surface area (Å²) in [6.07, 6.45) is 1.85. The molecule has 0 saturated carbocycles. The first-order valence-corrected chi connectivity index (χ1v) is 16.6. The smallest absolute Gasteiger partial charge is 0.143 e. The number of furan rings is 3. The highest BCUT2D eigenvalue weighted by molar-refractivity contribution is 6.27. The zero-order valence-electron chi connectivity index (χ0n) is 26.2. The van der Waals surface area contributed by atoms with Crippen molar-refractivity contribution in [1.82, 2.24) is 0 Å². The molecule has 11 aromatic rings. The lowest BCUT2D eigenvalue weighted by molar-refractivity contribution is 0.617. The maximum atomic E-state index is 6.62. The molecule has 0 fully saturated rings. The van der Waals surface area contributed by atoms with Crippen molar-refractivity contribution in [2.24, 2.45) is 0 Å². The molecule has 8 aromatic carbocycles. The van der Waals surface area contributed by atoms with Gasteiger partial charge in [-0.1, -0.05) is 127 Å². The Morgan fingerprint density at radius 3 is 1.65 bits per heavy atom. The van der Waals surface area contributed by atoms with Crippen molar-refractivity contribution in [2.75, 3.05) is 0 Å². The lowest BCUT2D eigenvalue weighted by Gasteiger charge is -2.18. The van der Waals surface area contributed by atoms with Gasteiger partial charge < -0.3 is 13.3 Å². The van der Waals surface area contributed by atoms with Gasteiger partial charge in [-0.05, 0) is 62.5 Å². The summed E-state index contributed by atoms with van der Waals surface area (Å²) >= 11 is 0. The monoisotopic (exact) mass is 626 g/mol. The van der Waals surface area contributed by atoms with E-state index < -0.39 is 0 Å². The summed E-state index contributed by atoms with van der Waals surface area (Å²) in [6, 6.07) is 53.4. The Balaban J connectivity index is 1.23. The topological polar surface area (TPSA) is 39.4 Å². The van der Waals surface area contributed by atoms with E-state index in [0.29, 0.717) is 0 Å². The fourth-order valence-electron chi connectivity index (χ4n) is 8.05. The van der Waals surface area contributed by atoms with E-state index in [0.717, 1.165) is 77.1 Å². The fourth-order valence-corrected chi connectivity index (χ4v) is 8.05. The molecule has 0 amide bonds. The highest BCUT2D eigenvalue weighted by Crippen LogP contribution is 2.49.